The van der Waals surface area contributed by atoms with Crippen LogP contribution < -0.4 is 5.32 Å². The molecule has 0 aliphatic heterocycles. The molecule has 0 bridgehead atoms. The van der Waals surface area contributed by atoms with Crippen LogP contribution in [0.3, 0.4) is 0 Å². The zero-order valence-corrected chi connectivity index (χ0v) is 7.40. The van der Waals surface area contributed by atoms with Crippen LogP contribution in [0.2, 0.25) is 0 Å². The van der Waals surface area contributed by atoms with Crippen LogP contribution in [0, 0.1) is 11.8 Å². The first-order valence-corrected chi connectivity index (χ1v) is 4.87. The van der Waals surface area contributed by atoms with E-state index in [2.05, 4.69) is 17.2 Å². The molecule has 2 unspecified atom stereocenters. The molecule has 0 saturated heterocycles. The Morgan fingerprint density at radius 1 is 1.82 bits per heavy atom. The minimum Gasteiger partial charge on any atom is -0.361 e. The van der Waals surface area contributed by atoms with Crippen LogP contribution in [0.1, 0.15) is 13.3 Å². The first-order chi connectivity index (χ1) is 5.36. The normalized spacial score (nSPS) is 28.5. The number of rotatable bonds is 3. The second-order valence-electron chi connectivity index (χ2n) is 3.19. The molecule has 60 valence electrons. The predicted octanol–water partition coefficient (Wildman–Crippen LogP) is 2.21. The van der Waals surface area contributed by atoms with Crippen LogP contribution in [0.5, 0.6) is 0 Å². The summed E-state index contributed by atoms with van der Waals surface area (Å²) in [6.07, 6.45) is 3.22. The Morgan fingerprint density at radius 2 is 2.64 bits per heavy atom. The zero-order valence-electron chi connectivity index (χ0n) is 6.58. The molecule has 1 saturated carbocycles. The number of hydrogen-bond donors (Lipinski definition) is 1. The topological polar surface area (TPSA) is 24.9 Å². The smallest absolute Gasteiger partial charge is 0.182 e. The van der Waals surface area contributed by atoms with Crippen LogP contribution in [0.15, 0.2) is 11.6 Å². The summed E-state index contributed by atoms with van der Waals surface area (Å²) in [5.74, 6) is 1.83. The Labute approximate surface area is 70.7 Å². The number of nitrogens with zero attached hydrogens (tertiary/aromatic N) is 1. The van der Waals surface area contributed by atoms with Crippen molar-refractivity contribution in [3.05, 3.63) is 11.6 Å². The van der Waals surface area contributed by atoms with Gasteiger partial charge in [0.25, 0.3) is 0 Å². The van der Waals surface area contributed by atoms with Crippen molar-refractivity contribution >= 4 is 16.5 Å². The van der Waals surface area contributed by atoms with Crippen LogP contribution in [-0.2, 0) is 0 Å². The van der Waals surface area contributed by atoms with E-state index in [1.165, 1.54) is 6.42 Å². The van der Waals surface area contributed by atoms with E-state index < -0.39 is 0 Å². The van der Waals surface area contributed by atoms with Crippen LogP contribution in [0.4, 0.5) is 5.13 Å². The van der Waals surface area contributed by atoms with Crippen molar-refractivity contribution < 1.29 is 0 Å². The van der Waals surface area contributed by atoms with E-state index in [1.807, 2.05) is 11.6 Å². The van der Waals surface area contributed by atoms with Crippen molar-refractivity contribution in [2.24, 2.45) is 11.8 Å². The molecule has 1 heterocycles. The molecule has 2 nitrogen and oxygen atoms in total. The van der Waals surface area contributed by atoms with Gasteiger partial charge >= 0.3 is 0 Å². The maximum absolute atomic E-state index is 4.15. The SMILES string of the molecule is CC1CC1CNc1nccs1. The molecule has 0 spiro atoms. The average molecular weight is 168 g/mol. The highest BCUT2D eigenvalue weighted by molar-refractivity contribution is 7.13. The summed E-state index contributed by atoms with van der Waals surface area (Å²) in [5.41, 5.74) is 0. The van der Waals surface area contributed by atoms with Crippen molar-refractivity contribution in [2.75, 3.05) is 11.9 Å². The molecule has 2 atom stereocenters. The molecule has 3 heteroatoms. The lowest BCUT2D eigenvalue weighted by atomic mass is 10.3. The largest absolute Gasteiger partial charge is 0.361 e. The number of hydrogen-bond acceptors (Lipinski definition) is 3. The minimum atomic E-state index is 0.902. The number of anilines is 1. The van der Waals surface area contributed by atoms with E-state index in [0.29, 0.717) is 0 Å². The van der Waals surface area contributed by atoms with E-state index in [4.69, 9.17) is 0 Å². The van der Waals surface area contributed by atoms with Crippen LogP contribution >= 0.6 is 11.3 Å². The summed E-state index contributed by atoms with van der Waals surface area (Å²) in [4.78, 5) is 4.15. The average Bonchev–Trinajstić information content (AvgIpc) is 2.55. The number of aromatic nitrogens is 1. The highest BCUT2D eigenvalue weighted by Crippen LogP contribution is 2.37. The third-order valence-electron chi connectivity index (χ3n) is 2.22. The van der Waals surface area contributed by atoms with Gasteiger partial charge in [-0.05, 0) is 18.3 Å². The third-order valence-corrected chi connectivity index (χ3v) is 2.95. The summed E-state index contributed by atoms with van der Waals surface area (Å²) in [5, 5.41) is 6.38. The molecular formula is C8H12N2S. The summed E-state index contributed by atoms with van der Waals surface area (Å²) in [7, 11) is 0. The van der Waals surface area contributed by atoms with Gasteiger partial charge in [0.05, 0.1) is 0 Å². The molecule has 0 amide bonds. The number of thiazole rings is 1. The first kappa shape index (κ1) is 7.10. The number of nitrogens with one attached hydrogen (secondary N) is 1. The van der Waals surface area contributed by atoms with Crippen molar-refractivity contribution in [3.8, 4) is 0 Å². The fourth-order valence-corrected chi connectivity index (χ4v) is 1.75. The Kier molecular flexibility index (Phi) is 1.82. The van der Waals surface area contributed by atoms with Crippen LogP contribution in [0.25, 0.3) is 0 Å². The van der Waals surface area contributed by atoms with Crippen LogP contribution in [-0.4, -0.2) is 11.5 Å². The summed E-state index contributed by atoms with van der Waals surface area (Å²) >= 11 is 1.67. The van der Waals surface area contributed by atoms with Gasteiger partial charge in [0.15, 0.2) is 5.13 Å². The first-order valence-electron chi connectivity index (χ1n) is 3.99. The van der Waals surface area contributed by atoms with E-state index >= 15 is 0 Å². The Bertz CT molecular complexity index is 220. The molecular weight excluding hydrogens is 156 g/mol. The molecule has 1 aliphatic carbocycles. The standard InChI is InChI=1S/C8H12N2S/c1-6-4-7(6)5-10-8-9-2-3-11-8/h2-3,6-7H,4-5H2,1H3,(H,9,10). The monoisotopic (exact) mass is 168 g/mol. The Balaban J connectivity index is 1.75. The maximum Gasteiger partial charge on any atom is 0.182 e. The predicted molar refractivity (Wildman–Crippen MR) is 47.9 cm³/mol. The van der Waals surface area contributed by atoms with E-state index in [0.717, 1.165) is 23.5 Å². The molecule has 1 N–H and O–H groups in total. The molecule has 1 aromatic heterocycles. The fraction of sp³-hybridized carbons (Fsp3) is 0.625. The van der Waals surface area contributed by atoms with Gasteiger partial charge in [-0.3, -0.25) is 0 Å². The Hall–Kier alpha value is -0.570. The van der Waals surface area contributed by atoms with Gasteiger partial charge in [-0.15, -0.1) is 11.3 Å². The minimum absolute atomic E-state index is 0.902. The lowest BCUT2D eigenvalue weighted by molar-refractivity contribution is 0.786. The second-order valence-corrected chi connectivity index (χ2v) is 4.09. The molecule has 2 rings (SSSR count). The maximum atomic E-state index is 4.15. The fourth-order valence-electron chi connectivity index (χ4n) is 1.21. The van der Waals surface area contributed by atoms with E-state index in [1.54, 1.807) is 11.3 Å². The van der Waals surface area contributed by atoms with Gasteiger partial charge < -0.3 is 5.32 Å². The highest BCUT2D eigenvalue weighted by Gasteiger charge is 2.31. The van der Waals surface area contributed by atoms with E-state index in [-0.39, 0.29) is 0 Å². The van der Waals surface area contributed by atoms with Gasteiger partial charge in [0.1, 0.15) is 0 Å². The van der Waals surface area contributed by atoms with Gasteiger partial charge in [-0.25, -0.2) is 4.98 Å². The van der Waals surface area contributed by atoms with E-state index in [9.17, 15) is 0 Å². The van der Waals surface area contributed by atoms with Crippen molar-refractivity contribution in [3.63, 3.8) is 0 Å². The molecule has 0 radical (unpaired) electrons. The van der Waals surface area contributed by atoms with Crippen molar-refractivity contribution in [1.29, 1.82) is 0 Å². The summed E-state index contributed by atoms with van der Waals surface area (Å²) < 4.78 is 0. The molecule has 11 heavy (non-hydrogen) atoms. The second kappa shape index (κ2) is 2.81. The summed E-state index contributed by atoms with van der Waals surface area (Å²) in [6, 6.07) is 0. The zero-order chi connectivity index (χ0) is 7.68. The van der Waals surface area contributed by atoms with Gasteiger partial charge in [-0.1, -0.05) is 6.92 Å². The van der Waals surface area contributed by atoms with Crippen molar-refractivity contribution in [2.45, 2.75) is 13.3 Å². The lowest BCUT2D eigenvalue weighted by Crippen LogP contribution is -2.03. The molecule has 1 fully saturated rings. The lowest BCUT2D eigenvalue weighted by Gasteiger charge is -1.98. The quantitative estimate of drug-likeness (QED) is 0.748. The molecule has 1 aliphatic rings. The Morgan fingerprint density at radius 3 is 3.18 bits per heavy atom. The molecule has 0 aromatic carbocycles. The van der Waals surface area contributed by atoms with Gasteiger partial charge in [0, 0.05) is 18.1 Å². The van der Waals surface area contributed by atoms with Gasteiger partial charge in [-0.2, -0.15) is 0 Å². The van der Waals surface area contributed by atoms with Crippen molar-refractivity contribution in [1.82, 2.24) is 4.98 Å². The van der Waals surface area contributed by atoms with Gasteiger partial charge in [0.2, 0.25) is 0 Å². The molecule has 1 aromatic rings. The third kappa shape index (κ3) is 1.71. The summed E-state index contributed by atoms with van der Waals surface area (Å²) in [6.45, 7) is 3.41. The highest BCUT2D eigenvalue weighted by atomic mass is 32.1.